The quantitative estimate of drug-likeness (QED) is 0.130. The summed E-state index contributed by atoms with van der Waals surface area (Å²) in [5.41, 5.74) is 3.03. The maximum absolute atomic E-state index is 13.1. The van der Waals surface area contributed by atoms with Gasteiger partial charge in [0.05, 0.1) is 19.2 Å². The molecule has 1 aliphatic heterocycles. The Balaban J connectivity index is 3.78. The summed E-state index contributed by atoms with van der Waals surface area (Å²) in [6.07, 6.45) is -5.26. The second kappa shape index (κ2) is 12.4. The minimum Gasteiger partial charge on any atom is -0.478 e. The Labute approximate surface area is 201 Å². The van der Waals surface area contributed by atoms with Crippen LogP contribution in [0.3, 0.4) is 0 Å². The number of azide groups is 1. The Morgan fingerprint density at radius 1 is 1.17 bits per heavy atom. The number of alkyl halides is 3. The van der Waals surface area contributed by atoms with Crippen molar-refractivity contribution in [3.63, 3.8) is 0 Å². The van der Waals surface area contributed by atoms with Crippen LogP contribution in [0.2, 0.25) is 0 Å². The highest BCUT2D eigenvalue weighted by Crippen LogP contribution is 2.31. The number of carbonyl (C=O) groups excluding carboxylic acids is 4. The summed E-state index contributed by atoms with van der Waals surface area (Å²) in [6.45, 7) is 1.84. The van der Waals surface area contributed by atoms with Gasteiger partial charge < -0.3 is 23.7 Å². The van der Waals surface area contributed by atoms with Crippen LogP contribution < -0.4 is 4.72 Å². The number of hydrogen-bond acceptors (Lipinski definition) is 12. The van der Waals surface area contributed by atoms with Gasteiger partial charge in [0.2, 0.25) is 5.76 Å². The lowest BCUT2D eigenvalue weighted by Crippen LogP contribution is -2.62. The van der Waals surface area contributed by atoms with Crippen molar-refractivity contribution in [1.82, 2.24) is 4.72 Å². The van der Waals surface area contributed by atoms with Crippen molar-refractivity contribution in [2.75, 3.05) is 13.7 Å². The van der Waals surface area contributed by atoms with Crippen LogP contribution in [0.25, 0.3) is 10.4 Å². The summed E-state index contributed by atoms with van der Waals surface area (Å²) < 4.78 is 89.0. The molecule has 1 aliphatic rings. The normalized spacial score (nSPS) is 21.4. The van der Waals surface area contributed by atoms with E-state index >= 15 is 0 Å². The van der Waals surface area contributed by atoms with Crippen LogP contribution in [0.4, 0.5) is 13.2 Å². The van der Waals surface area contributed by atoms with Gasteiger partial charge in [0.25, 0.3) is 0 Å². The van der Waals surface area contributed by atoms with Crippen LogP contribution >= 0.6 is 0 Å². The van der Waals surface area contributed by atoms with E-state index in [0.717, 1.165) is 27.9 Å². The van der Waals surface area contributed by atoms with Crippen molar-refractivity contribution in [3.05, 3.63) is 22.3 Å². The highest BCUT2D eigenvalue weighted by Gasteiger charge is 2.53. The SMILES string of the molecule is COC(=O)C1=C[C@H](N=[N+]=[N-])[C@@H](NS(=O)(=O)C(F)(F)F)[C@H]([C@H](OC(C)=O)[C@@H](COC(C)=O)OC(C)=O)O1. The molecular formula is C17H21F3N4O11S. The van der Waals surface area contributed by atoms with Crippen LogP contribution in [0.5, 0.6) is 0 Å². The molecule has 1 heterocycles. The molecule has 0 spiro atoms. The van der Waals surface area contributed by atoms with E-state index in [2.05, 4.69) is 14.8 Å². The lowest BCUT2D eigenvalue weighted by atomic mass is 9.93. The third kappa shape index (κ3) is 8.28. The van der Waals surface area contributed by atoms with Crippen LogP contribution in [0, 0.1) is 0 Å². The van der Waals surface area contributed by atoms with Crippen molar-refractivity contribution >= 4 is 33.9 Å². The van der Waals surface area contributed by atoms with Gasteiger partial charge in [-0.15, -0.1) is 0 Å². The number of nitrogens with zero attached hydrogens (tertiary/aromatic N) is 3. The van der Waals surface area contributed by atoms with Crippen molar-refractivity contribution in [1.29, 1.82) is 0 Å². The third-order valence-corrected chi connectivity index (χ3v) is 5.43. The molecule has 0 aromatic heterocycles. The molecule has 1 rings (SSSR count). The van der Waals surface area contributed by atoms with E-state index in [-0.39, 0.29) is 0 Å². The highest BCUT2D eigenvalue weighted by molar-refractivity contribution is 7.90. The molecule has 0 fully saturated rings. The zero-order chi connectivity index (χ0) is 27.8. The number of carbonyl (C=O) groups is 4. The van der Waals surface area contributed by atoms with E-state index in [1.807, 2.05) is 0 Å². The van der Waals surface area contributed by atoms with Gasteiger partial charge in [-0.05, 0) is 11.6 Å². The Morgan fingerprint density at radius 3 is 2.19 bits per heavy atom. The maximum Gasteiger partial charge on any atom is 0.511 e. The predicted molar refractivity (Wildman–Crippen MR) is 108 cm³/mol. The maximum atomic E-state index is 13.1. The lowest BCUT2D eigenvalue weighted by molar-refractivity contribution is -0.187. The molecule has 5 atom stereocenters. The molecule has 0 saturated heterocycles. The van der Waals surface area contributed by atoms with Crippen molar-refractivity contribution in [2.45, 2.75) is 56.7 Å². The molecule has 0 aliphatic carbocycles. The van der Waals surface area contributed by atoms with Gasteiger partial charge in [-0.1, -0.05) is 5.11 Å². The molecule has 36 heavy (non-hydrogen) atoms. The molecule has 0 aromatic carbocycles. The van der Waals surface area contributed by atoms with Crippen LogP contribution in [-0.4, -0.2) is 81.9 Å². The first-order valence-corrected chi connectivity index (χ1v) is 11.1. The lowest BCUT2D eigenvalue weighted by Gasteiger charge is -2.40. The first-order chi connectivity index (χ1) is 16.5. The van der Waals surface area contributed by atoms with Gasteiger partial charge in [0.15, 0.2) is 18.3 Å². The summed E-state index contributed by atoms with van der Waals surface area (Å²) in [4.78, 5) is 49.3. The van der Waals surface area contributed by atoms with E-state index in [1.54, 1.807) is 0 Å². The molecule has 0 bridgehead atoms. The second-order valence-electron chi connectivity index (χ2n) is 6.92. The van der Waals surface area contributed by atoms with Crippen molar-refractivity contribution in [2.24, 2.45) is 5.11 Å². The minimum atomic E-state index is -6.15. The predicted octanol–water partition coefficient (Wildman–Crippen LogP) is 0.355. The number of esters is 4. The van der Waals surface area contributed by atoms with Gasteiger partial charge in [-0.3, -0.25) is 14.4 Å². The molecule has 1 N–H and O–H groups in total. The van der Waals surface area contributed by atoms with Gasteiger partial charge in [0.1, 0.15) is 6.61 Å². The molecule has 19 heteroatoms. The zero-order valence-electron chi connectivity index (χ0n) is 19.0. The summed E-state index contributed by atoms with van der Waals surface area (Å²) in [5, 5.41) is 3.19. The van der Waals surface area contributed by atoms with E-state index in [4.69, 9.17) is 24.5 Å². The molecule has 0 saturated carbocycles. The third-order valence-electron chi connectivity index (χ3n) is 4.24. The summed E-state index contributed by atoms with van der Waals surface area (Å²) in [7, 11) is -5.26. The van der Waals surface area contributed by atoms with Gasteiger partial charge >= 0.3 is 39.4 Å². The number of ether oxygens (including phenoxy) is 5. The molecular weight excluding hydrogens is 525 g/mol. The largest absolute Gasteiger partial charge is 0.511 e. The number of sulfonamides is 1. The second-order valence-corrected chi connectivity index (χ2v) is 8.62. The van der Waals surface area contributed by atoms with Crippen LogP contribution in [0.15, 0.2) is 16.9 Å². The fraction of sp³-hybridized carbons (Fsp3) is 0.647. The molecule has 15 nitrogen and oxygen atoms in total. The summed E-state index contributed by atoms with van der Waals surface area (Å²) in [6, 6.07) is -4.08. The summed E-state index contributed by atoms with van der Waals surface area (Å²) >= 11 is 0. The molecule has 0 radical (unpaired) electrons. The number of methoxy groups -OCH3 is 1. The van der Waals surface area contributed by atoms with E-state index in [0.29, 0.717) is 6.08 Å². The van der Waals surface area contributed by atoms with E-state index in [1.165, 1.54) is 4.72 Å². The number of rotatable bonds is 10. The van der Waals surface area contributed by atoms with Gasteiger partial charge in [-0.2, -0.15) is 17.9 Å². The van der Waals surface area contributed by atoms with Crippen LogP contribution in [-0.2, 0) is 52.9 Å². The smallest absolute Gasteiger partial charge is 0.478 e. The van der Waals surface area contributed by atoms with E-state index in [9.17, 15) is 40.8 Å². The number of nitrogens with one attached hydrogen (secondary N) is 1. The number of hydrogen-bond donors (Lipinski definition) is 1. The average molecular weight is 546 g/mol. The molecule has 202 valence electrons. The van der Waals surface area contributed by atoms with Gasteiger partial charge in [-0.25, -0.2) is 13.2 Å². The Hall–Kier alpha value is -3.57. The minimum absolute atomic E-state index is 0.670. The Kier molecular flexibility index (Phi) is 10.5. The molecule has 0 aromatic rings. The van der Waals surface area contributed by atoms with E-state index < -0.39 is 82.2 Å². The Bertz CT molecular complexity index is 1060. The highest BCUT2D eigenvalue weighted by atomic mass is 32.2. The van der Waals surface area contributed by atoms with Gasteiger partial charge in [0, 0.05) is 25.7 Å². The molecule has 0 amide bonds. The first-order valence-electron chi connectivity index (χ1n) is 9.61. The van der Waals surface area contributed by atoms with Crippen LogP contribution in [0.1, 0.15) is 20.8 Å². The Morgan fingerprint density at radius 2 is 1.75 bits per heavy atom. The first kappa shape index (κ1) is 30.5. The van der Waals surface area contributed by atoms with Crippen molar-refractivity contribution < 1.29 is 64.5 Å². The zero-order valence-corrected chi connectivity index (χ0v) is 19.9. The fourth-order valence-electron chi connectivity index (χ4n) is 2.90. The topological polar surface area (TPSA) is 209 Å². The molecule has 0 unspecified atom stereocenters. The fourth-order valence-corrected chi connectivity index (χ4v) is 3.67. The standard InChI is InChI=1S/C17H21F3N4O11S/c1-7(25)32-6-12(33-8(2)26)14(34-9(3)27)15-13(23-36(29,30)17(18,19)20)10(22-24-21)5-11(35-15)16(28)31-4/h5,10,12-15,23H,6H2,1-4H3/t10-,12+,13+,14+,15+/m0/s1. The number of halogens is 3. The van der Waals surface area contributed by atoms with Crippen molar-refractivity contribution in [3.8, 4) is 0 Å². The summed E-state index contributed by atoms with van der Waals surface area (Å²) in [5.74, 6) is -5.08. The average Bonchev–Trinajstić information content (AvgIpc) is 2.74. The monoisotopic (exact) mass is 546 g/mol.